The fourth-order valence-corrected chi connectivity index (χ4v) is 3.79. The lowest BCUT2D eigenvalue weighted by Crippen LogP contribution is -1.90. The smallest absolute Gasteiger partial charge is 0.180 e. The molecule has 0 saturated carbocycles. The van der Waals surface area contributed by atoms with E-state index >= 15 is 0 Å². The summed E-state index contributed by atoms with van der Waals surface area (Å²) in [5.74, 6) is 0. The van der Waals surface area contributed by atoms with Crippen LogP contribution in [0.25, 0.3) is 10.2 Å². The van der Waals surface area contributed by atoms with Gasteiger partial charge < -0.3 is 5.73 Å². The lowest BCUT2D eigenvalue weighted by Gasteiger charge is -1.94. The van der Waals surface area contributed by atoms with Crippen LogP contribution in [0.3, 0.4) is 0 Å². The van der Waals surface area contributed by atoms with E-state index in [1.165, 1.54) is 11.3 Å². The SMILES string of the molecule is Nc1nc(CCCc2nc3ccc(Cl)cc3s2)cs1. The van der Waals surface area contributed by atoms with Crippen molar-refractivity contribution in [2.24, 2.45) is 0 Å². The van der Waals surface area contributed by atoms with Crippen molar-refractivity contribution in [3.63, 3.8) is 0 Å². The lowest BCUT2D eigenvalue weighted by molar-refractivity contribution is 0.801. The van der Waals surface area contributed by atoms with Gasteiger partial charge in [-0.05, 0) is 37.5 Å². The van der Waals surface area contributed by atoms with Gasteiger partial charge in [0, 0.05) is 10.4 Å². The van der Waals surface area contributed by atoms with Crippen molar-refractivity contribution >= 4 is 49.6 Å². The Balaban J connectivity index is 1.65. The number of thiazole rings is 2. The predicted octanol–water partition coefficient (Wildman–Crippen LogP) is 4.16. The Labute approximate surface area is 124 Å². The molecule has 1 aromatic carbocycles. The van der Waals surface area contributed by atoms with E-state index in [9.17, 15) is 0 Å². The molecule has 2 N–H and O–H groups in total. The Bertz CT molecular complexity index is 705. The van der Waals surface area contributed by atoms with Crippen molar-refractivity contribution < 1.29 is 0 Å². The summed E-state index contributed by atoms with van der Waals surface area (Å²) < 4.78 is 1.15. The summed E-state index contributed by atoms with van der Waals surface area (Å²) in [6.07, 6.45) is 2.95. The number of aryl methyl sites for hydroxylation is 2. The van der Waals surface area contributed by atoms with Crippen LogP contribution in [0.4, 0.5) is 5.13 Å². The molecule has 19 heavy (non-hydrogen) atoms. The van der Waals surface area contributed by atoms with Gasteiger partial charge in [0.2, 0.25) is 0 Å². The van der Waals surface area contributed by atoms with Crippen LogP contribution < -0.4 is 5.73 Å². The second kappa shape index (κ2) is 5.45. The molecule has 0 saturated heterocycles. The van der Waals surface area contributed by atoms with E-state index in [0.717, 1.165) is 45.2 Å². The second-order valence-electron chi connectivity index (χ2n) is 4.25. The summed E-state index contributed by atoms with van der Waals surface area (Å²) in [5, 5.41) is 4.58. The predicted molar refractivity (Wildman–Crippen MR) is 83.2 cm³/mol. The first-order valence-corrected chi connectivity index (χ1v) is 8.03. The molecule has 0 aliphatic carbocycles. The van der Waals surface area contributed by atoms with E-state index in [1.54, 1.807) is 11.3 Å². The van der Waals surface area contributed by atoms with Crippen LogP contribution in [0.5, 0.6) is 0 Å². The van der Waals surface area contributed by atoms with Gasteiger partial charge in [-0.1, -0.05) is 11.6 Å². The first kappa shape index (κ1) is 12.8. The van der Waals surface area contributed by atoms with E-state index in [1.807, 2.05) is 23.6 Å². The molecule has 0 spiro atoms. The molecule has 98 valence electrons. The van der Waals surface area contributed by atoms with Crippen LogP contribution in [0.2, 0.25) is 5.02 Å². The number of nitrogens with zero attached hydrogens (tertiary/aromatic N) is 2. The number of hydrogen-bond acceptors (Lipinski definition) is 5. The van der Waals surface area contributed by atoms with Crippen LogP contribution in [0, 0.1) is 0 Å². The largest absolute Gasteiger partial charge is 0.375 e. The Morgan fingerprint density at radius 3 is 2.89 bits per heavy atom. The van der Waals surface area contributed by atoms with E-state index in [4.69, 9.17) is 17.3 Å². The first-order chi connectivity index (χ1) is 9.20. The molecule has 3 aromatic rings. The molecule has 2 aromatic heterocycles. The number of rotatable bonds is 4. The van der Waals surface area contributed by atoms with Crippen LogP contribution in [0.1, 0.15) is 17.1 Å². The van der Waals surface area contributed by atoms with Crippen molar-refractivity contribution in [2.75, 3.05) is 5.73 Å². The van der Waals surface area contributed by atoms with Gasteiger partial charge >= 0.3 is 0 Å². The number of benzene rings is 1. The quantitative estimate of drug-likeness (QED) is 0.787. The number of nitrogen functional groups attached to an aromatic ring is 1. The molecule has 0 amide bonds. The third kappa shape index (κ3) is 3.05. The lowest BCUT2D eigenvalue weighted by atomic mass is 10.2. The van der Waals surface area contributed by atoms with Crippen LogP contribution in [0.15, 0.2) is 23.6 Å². The van der Waals surface area contributed by atoms with Crippen LogP contribution >= 0.6 is 34.3 Å². The van der Waals surface area contributed by atoms with Gasteiger partial charge in [-0.2, -0.15) is 0 Å². The third-order valence-corrected chi connectivity index (χ3v) is 4.82. The molecule has 3 nitrogen and oxygen atoms in total. The maximum Gasteiger partial charge on any atom is 0.180 e. The van der Waals surface area contributed by atoms with E-state index in [0.29, 0.717) is 5.13 Å². The van der Waals surface area contributed by atoms with Crippen molar-refractivity contribution in [1.82, 2.24) is 9.97 Å². The minimum absolute atomic E-state index is 0.643. The van der Waals surface area contributed by atoms with Gasteiger partial charge in [0.05, 0.1) is 20.9 Å². The molecule has 0 radical (unpaired) electrons. The maximum absolute atomic E-state index is 5.97. The van der Waals surface area contributed by atoms with Gasteiger partial charge in [-0.3, -0.25) is 0 Å². The highest BCUT2D eigenvalue weighted by Gasteiger charge is 2.05. The maximum atomic E-state index is 5.97. The number of aromatic nitrogens is 2. The highest BCUT2D eigenvalue weighted by molar-refractivity contribution is 7.18. The first-order valence-electron chi connectivity index (χ1n) is 5.95. The fourth-order valence-electron chi connectivity index (χ4n) is 1.91. The molecular formula is C13H12ClN3S2. The molecule has 2 heterocycles. The molecule has 3 rings (SSSR count). The molecule has 0 atom stereocenters. The average Bonchev–Trinajstić information content (AvgIpc) is 2.95. The molecule has 0 fully saturated rings. The summed E-state index contributed by atoms with van der Waals surface area (Å²) in [4.78, 5) is 8.87. The molecule has 0 aliphatic heterocycles. The number of hydrogen-bond donors (Lipinski definition) is 1. The molecule has 0 bridgehead atoms. The Kier molecular flexibility index (Phi) is 3.68. The summed E-state index contributed by atoms with van der Waals surface area (Å²) in [5.41, 5.74) is 7.72. The second-order valence-corrected chi connectivity index (χ2v) is 6.69. The van der Waals surface area contributed by atoms with Crippen LogP contribution in [-0.2, 0) is 12.8 Å². The summed E-state index contributed by atoms with van der Waals surface area (Å²) in [7, 11) is 0. The highest BCUT2D eigenvalue weighted by Crippen LogP contribution is 2.26. The van der Waals surface area contributed by atoms with Gasteiger partial charge in [-0.25, -0.2) is 9.97 Å². The third-order valence-electron chi connectivity index (χ3n) is 2.79. The number of halogens is 1. The average molecular weight is 310 g/mol. The van der Waals surface area contributed by atoms with Gasteiger partial charge in [0.25, 0.3) is 0 Å². The monoisotopic (exact) mass is 309 g/mol. The van der Waals surface area contributed by atoms with E-state index < -0.39 is 0 Å². The zero-order chi connectivity index (χ0) is 13.2. The van der Waals surface area contributed by atoms with E-state index in [2.05, 4.69) is 9.97 Å². The van der Waals surface area contributed by atoms with Gasteiger partial charge in [-0.15, -0.1) is 22.7 Å². The zero-order valence-electron chi connectivity index (χ0n) is 10.1. The molecule has 0 unspecified atom stereocenters. The van der Waals surface area contributed by atoms with Crippen molar-refractivity contribution in [3.05, 3.63) is 39.3 Å². The summed E-state index contributed by atoms with van der Waals surface area (Å²) >= 11 is 9.18. The van der Waals surface area contributed by atoms with Crippen molar-refractivity contribution in [1.29, 1.82) is 0 Å². The number of anilines is 1. The number of fused-ring (bicyclic) bond motifs is 1. The Hall–Kier alpha value is -1.17. The minimum Gasteiger partial charge on any atom is -0.375 e. The Morgan fingerprint density at radius 2 is 2.11 bits per heavy atom. The van der Waals surface area contributed by atoms with Gasteiger partial charge in [0.15, 0.2) is 5.13 Å². The summed E-state index contributed by atoms with van der Waals surface area (Å²) in [6, 6.07) is 5.82. The van der Waals surface area contributed by atoms with Crippen molar-refractivity contribution in [3.8, 4) is 0 Å². The normalized spacial score (nSPS) is 11.2. The highest BCUT2D eigenvalue weighted by atomic mass is 35.5. The summed E-state index contributed by atoms with van der Waals surface area (Å²) in [6.45, 7) is 0. The molecule has 0 aliphatic rings. The minimum atomic E-state index is 0.643. The molecular weight excluding hydrogens is 298 g/mol. The molecule has 6 heteroatoms. The van der Waals surface area contributed by atoms with Crippen molar-refractivity contribution in [2.45, 2.75) is 19.3 Å². The van der Waals surface area contributed by atoms with Gasteiger partial charge in [0.1, 0.15) is 0 Å². The topological polar surface area (TPSA) is 51.8 Å². The standard InChI is InChI=1S/C13H12ClN3S2/c14-8-4-5-10-11(6-8)19-12(17-10)3-1-2-9-7-18-13(15)16-9/h4-7H,1-3H2,(H2,15,16). The van der Waals surface area contributed by atoms with Crippen LogP contribution in [-0.4, -0.2) is 9.97 Å². The fraction of sp³-hybridized carbons (Fsp3) is 0.231. The Morgan fingerprint density at radius 1 is 1.21 bits per heavy atom. The number of nitrogens with two attached hydrogens (primary N) is 1. The van der Waals surface area contributed by atoms with E-state index in [-0.39, 0.29) is 0 Å². The zero-order valence-corrected chi connectivity index (χ0v) is 12.5.